The van der Waals surface area contributed by atoms with Gasteiger partial charge >= 0.3 is 0 Å². The van der Waals surface area contributed by atoms with Gasteiger partial charge in [0.05, 0.1) is 6.61 Å². The zero-order chi connectivity index (χ0) is 10.4. The van der Waals surface area contributed by atoms with Crippen molar-refractivity contribution in [2.75, 3.05) is 18.5 Å². The van der Waals surface area contributed by atoms with Crippen molar-refractivity contribution in [2.45, 2.75) is 33.4 Å². The number of nitrogens with zero attached hydrogens (tertiary/aromatic N) is 2. The molecule has 1 heterocycles. The topological polar surface area (TPSA) is 39.1 Å². The van der Waals surface area contributed by atoms with Gasteiger partial charge < -0.3 is 14.6 Å². The van der Waals surface area contributed by atoms with Crippen molar-refractivity contribution in [1.29, 1.82) is 0 Å². The van der Waals surface area contributed by atoms with Gasteiger partial charge in [0, 0.05) is 31.6 Å². The molecule has 0 aliphatic rings. The largest absolute Gasteiger partial charge is 0.380 e. The molecular weight excluding hydrogens is 178 g/mol. The third-order valence-electron chi connectivity index (χ3n) is 1.81. The van der Waals surface area contributed by atoms with E-state index in [1.54, 1.807) is 6.20 Å². The fraction of sp³-hybridized carbons (Fsp3) is 0.700. The standard InChI is InChI=1S/C10H19N3O/c1-4-14-8-7-13-6-5-11-10(13)12-9(2)3/h5-6,9H,4,7-8H2,1-3H3,(H,11,12). The number of rotatable bonds is 6. The van der Waals surface area contributed by atoms with Crippen molar-refractivity contribution < 1.29 is 4.74 Å². The van der Waals surface area contributed by atoms with Crippen LogP contribution >= 0.6 is 0 Å². The maximum atomic E-state index is 5.29. The SMILES string of the molecule is CCOCCn1ccnc1NC(C)C. The van der Waals surface area contributed by atoms with E-state index in [2.05, 4.69) is 28.7 Å². The number of hydrogen-bond acceptors (Lipinski definition) is 3. The highest BCUT2D eigenvalue weighted by atomic mass is 16.5. The van der Waals surface area contributed by atoms with Gasteiger partial charge in [0.25, 0.3) is 0 Å². The summed E-state index contributed by atoms with van der Waals surface area (Å²) in [7, 11) is 0. The van der Waals surface area contributed by atoms with Crippen LogP contribution < -0.4 is 5.32 Å². The summed E-state index contributed by atoms with van der Waals surface area (Å²) in [5.41, 5.74) is 0. The van der Waals surface area contributed by atoms with Crippen molar-refractivity contribution in [3.8, 4) is 0 Å². The number of imidazole rings is 1. The molecule has 1 aromatic rings. The van der Waals surface area contributed by atoms with E-state index in [1.165, 1.54) is 0 Å². The third kappa shape index (κ3) is 3.38. The fourth-order valence-corrected chi connectivity index (χ4v) is 1.20. The molecule has 80 valence electrons. The number of hydrogen-bond donors (Lipinski definition) is 1. The molecule has 4 nitrogen and oxygen atoms in total. The number of ether oxygens (including phenoxy) is 1. The summed E-state index contributed by atoms with van der Waals surface area (Å²) in [5, 5.41) is 3.28. The summed E-state index contributed by atoms with van der Waals surface area (Å²) < 4.78 is 7.36. The lowest BCUT2D eigenvalue weighted by molar-refractivity contribution is 0.139. The molecule has 0 aromatic carbocycles. The van der Waals surface area contributed by atoms with Crippen LogP contribution in [0.4, 0.5) is 5.95 Å². The Morgan fingerprint density at radius 1 is 1.57 bits per heavy atom. The van der Waals surface area contributed by atoms with Crippen molar-refractivity contribution in [1.82, 2.24) is 9.55 Å². The Balaban J connectivity index is 2.45. The summed E-state index contributed by atoms with van der Waals surface area (Å²) in [4.78, 5) is 4.23. The van der Waals surface area contributed by atoms with Crippen LogP contribution in [-0.2, 0) is 11.3 Å². The molecule has 14 heavy (non-hydrogen) atoms. The zero-order valence-corrected chi connectivity index (χ0v) is 9.16. The van der Waals surface area contributed by atoms with Crippen LogP contribution in [0, 0.1) is 0 Å². The highest BCUT2D eigenvalue weighted by Gasteiger charge is 2.02. The first kappa shape index (κ1) is 11.0. The van der Waals surface area contributed by atoms with Crippen LogP contribution in [0.15, 0.2) is 12.4 Å². The molecule has 1 aromatic heterocycles. The average Bonchev–Trinajstić information content (AvgIpc) is 2.52. The van der Waals surface area contributed by atoms with Gasteiger partial charge in [-0.1, -0.05) is 0 Å². The monoisotopic (exact) mass is 197 g/mol. The second kappa shape index (κ2) is 5.65. The van der Waals surface area contributed by atoms with Gasteiger partial charge in [-0.3, -0.25) is 0 Å². The molecule has 0 aliphatic carbocycles. The summed E-state index contributed by atoms with van der Waals surface area (Å²) in [6, 6.07) is 0.406. The van der Waals surface area contributed by atoms with Gasteiger partial charge in [-0.25, -0.2) is 4.98 Å². The maximum Gasteiger partial charge on any atom is 0.203 e. The molecule has 1 N–H and O–H groups in total. The second-order valence-corrected chi connectivity index (χ2v) is 3.44. The van der Waals surface area contributed by atoms with E-state index < -0.39 is 0 Å². The minimum absolute atomic E-state index is 0.406. The Morgan fingerprint density at radius 2 is 2.36 bits per heavy atom. The Kier molecular flexibility index (Phi) is 4.46. The molecule has 1 rings (SSSR count). The fourth-order valence-electron chi connectivity index (χ4n) is 1.20. The van der Waals surface area contributed by atoms with Gasteiger partial charge in [-0.05, 0) is 20.8 Å². The lowest BCUT2D eigenvalue weighted by atomic mass is 10.4. The molecular formula is C10H19N3O. The van der Waals surface area contributed by atoms with Crippen LogP contribution in [0.25, 0.3) is 0 Å². The molecule has 0 spiro atoms. The predicted molar refractivity (Wildman–Crippen MR) is 57.5 cm³/mol. The molecule has 0 aliphatic heterocycles. The molecule has 0 fully saturated rings. The molecule has 0 unspecified atom stereocenters. The van der Waals surface area contributed by atoms with Gasteiger partial charge in [0.1, 0.15) is 0 Å². The molecule has 4 heteroatoms. The molecule has 0 bridgehead atoms. The second-order valence-electron chi connectivity index (χ2n) is 3.44. The minimum atomic E-state index is 0.406. The van der Waals surface area contributed by atoms with Gasteiger partial charge in [0.2, 0.25) is 5.95 Å². The molecule has 0 saturated carbocycles. The van der Waals surface area contributed by atoms with E-state index in [0.29, 0.717) is 6.04 Å². The van der Waals surface area contributed by atoms with Crippen molar-refractivity contribution in [3.05, 3.63) is 12.4 Å². The molecule has 0 radical (unpaired) electrons. The van der Waals surface area contributed by atoms with Crippen LogP contribution in [-0.4, -0.2) is 28.8 Å². The summed E-state index contributed by atoms with van der Waals surface area (Å²) in [6.07, 6.45) is 3.76. The Bertz CT molecular complexity index is 258. The first-order chi connectivity index (χ1) is 6.74. The highest BCUT2D eigenvalue weighted by Crippen LogP contribution is 2.05. The Labute approximate surface area is 85.3 Å². The number of anilines is 1. The maximum absolute atomic E-state index is 5.29. The van der Waals surface area contributed by atoms with Gasteiger partial charge in [0.15, 0.2) is 0 Å². The summed E-state index contributed by atoms with van der Waals surface area (Å²) in [6.45, 7) is 8.55. The van der Waals surface area contributed by atoms with Crippen molar-refractivity contribution >= 4 is 5.95 Å². The van der Waals surface area contributed by atoms with Gasteiger partial charge in [-0.15, -0.1) is 0 Å². The minimum Gasteiger partial charge on any atom is -0.380 e. The predicted octanol–water partition coefficient (Wildman–Crippen LogP) is 1.74. The first-order valence-corrected chi connectivity index (χ1v) is 5.09. The van der Waals surface area contributed by atoms with E-state index >= 15 is 0 Å². The van der Waals surface area contributed by atoms with Crippen LogP contribution in [0.1, 0.15) is 20.8 Å². The summed E-state index contributed by atoms with van der Waals surface area (Å²) in [5.74, 6) is 0.916. The quantitative estimate of drug-likeness (QED) is 0.706. The van der Waals surface area contributed by atoms with Gasteiger partial charge in [-0.2, -0.15) is 0 Å². The number of nitrogens with one attached hydrogen (secondary N) is 1. The lowest BCUT2D eigenvalue weighted by Crippen LogP contribution is -2.16. The summed E-state index contributed by atoms with van der Waals surface area (Å²) >= 11 is 0. The van der Waals surface area contributed by atoms with Crippen LogP contribution in [0.3, 0.4) is 0 Å². The lowest BCUT2D eigenvalue weighted by Gasteiger charge is -2.11. The smallest absolute Gasteiger partial charge is 0.203 e. The average molecular weight is 197 g/mol. The van der Waals surface area contributed by atoms with E-state index in [9.17, 15) is 0 Å². The zero-order valence-electron chi connectivity index (χ0n) is 9.16. The van der Waals surface area contributed by atoms with E-state index in [0.717, 1.165) is 25.7 Å². The van der Waals surface area contributed by atoms with E-state index in [4.69, 9.17) is 4.74 Å². The van der Waals surface area contributed by atoms with E-state index in [1.807, 2.05) is 13.1 Å². The van der Waals surface area contributed by atoms with Crippen molar-refractivity contribution in [3.63, 3.8) is 0 Å². The Hall–Kier alpha value is -1.03. The first-order valence-electron chi connectivity index (χ1n) is 5.09. The van der Waals surface area contributed by atoms with Crippen LogP contribution in [0.5, 0.6) is 0 Å². The van der Waals surface area contributed by atoms with Crippen molar-refractivity contribution in [2.24, 2.45) is 0 Å². The third-order valence-corrected chi connectivity index (χ3v) is 1.81. The van der Waals surface area contributed by atoms with Crippen LogP contribution in [0.2, 0.25) is 0 Å². The number of aromatic nitrogens is 2. The molecule has 0 atom stereocenters. The molecule has 0 amide bonds. The van der Waals surface area contributed by atoms with E-state index in [-0.39, 0.29) is 0 Å². The molecule has 0 saturated heterocycles. The highest BCUT2D eigenvalue weighted by molar-refractivity contribution is 5.26. The Morgan fingerprint density at radius 3 is 3.00 bits per heavy atom. The normalized spacial score (nSPS) is 10.9.